The maximum atomic E-state index is 11.9. The van der Waals surface area contributed by atoms with E-state index in [1.54, 1.807) is 12.1 Å². The summed E-state index contributed by atoms with van der Waals surface area (Å²) >= 11 is 3.36. The van der Waals surface area contributed by atoms with Gasteiger partial charge in [0.15, 0.2) is 5.71 Å². The molecule has 8 heteroatoms. The van der Waals surface area contributed by atoms with E-state index in [9.17, 15) is 9.59 Å². The number of amides is 1. The molecule has 1 heterocycles. The number of rotatable bonds is 6. The summed E-state index contributed by atoms with van der Waals surface area (Å²) in [6.45, 7) is 0.125. The van der Waals surface area contributed by atoms with Gasteiger partial charge in [-0.1, -0.05) is 21.1 Å². The SMILES string of the molecule is COc1ccc(Br)c2c1NC(=O)C2=NOCCCC(=O)O. The van der Waals surface area contributed by atoms with Gasteiger partial charge >= 0.3 is 5.97 Å². The number of halogens is 1. The van der Waals surface area contributed by atoms with Crippen LogP contribution in [-0.2, 0) is 14.4 Å². The minimum absolute atomic E-state index is 0.00878. The lowest BCUT2D eigenvalue weighted by atomic mass is 10.1. The lowest BCUT2D eigenvalue weighted by molar-refractivity contribution is -0.137. The Morgan fingerprint density at radius 1 is 1.48 bits per heavy atom. The number of carbonyl (C=O) groups excluding carboxylic acids is 1. The standard InChI is InChI=1S/C13H13BrN2O5/c1-20-8-5-4-7(14)10-11(8)15-13(19)12(10)16-21-6-2-3-9(17)18/h4-5H,2-3,6H2,1H3,(H,17,18)(H,15,16,19). The van der Waals surface area contributed by atoms with Crippen molar-refractivity contribution in [1.82, 2.24) is 0 Å². The first-order chi connectivity index (χ1) is 10.0. The molecule has 0 unspecified atom stereocenters. The zero-order valence-electron chi connectivity index (χ0n) is 11.2. The minimum atomic E-state index is -0.900. The molecule has 0 atom stereocenters. The van der Waals surface area contributed by atoms with E-state index in [1.165, 1.54) is 7.11 Å². The van der Waals surface area contributed by atoms with Gasteiger partial charge in [-0.25, -0.2) is 0 Å². The first-order valence-corrected chi connectivity index (χ1v) is 6.94. The van der Waals surface area contributed by atoms with Crippen LogP contribution in [0.2, 0.25) is 0 Å². The number of anilines is 1. The van der Waals surface area contributed by atoms with Crippen LogP contribution in [-0.4, -0.2) is 36.4 Å². The number of aliphatic carboxylic acids is 1. The third kappa shape index (κ3) is 3.33. The van der Waals surface area contributed by atoms with Gasteiger partial charge in [0.1, 0.15) is 12.4 Å². The lowest BCUT2D eigenvalue weighted by Gasteiger charge is -2.07. The fourth-order valence-corrected chi connectivity index (χ4v) is 2.37. The fraction of sp³-hybridized carbons (Fsp3) is 0.308. The van der Waals surface area contributed by atoms with E-state index in [1.807, 2.05) is 0 Å². The van der Waals surface area contributed by atoms with E-state index in [0.29, 0.717) is 27.9 Å². The van der Waals surface area contributed by atoms with Crippen molar-refractivity contribution in [1.29, 1.82) is 0 Å². The van der Waals surface area contributed by atoms with E-state index in [2.05, 4.69) is 26.4 Å². The average molecular weight is 357 g/mol. The van der Waals surface area contributed by atoms with E-state index in [-0.39, 0.29) is 18.7 Å². The van der Waals surface area contributed by atoms with Gasteiger partial charge in [0, 0.05) is 10.9 Å². The maximum absolute atomic E-state index is 11.9. The number of fused-ring (bicyclic) bond motifs is 1. The van der Waals surface area contributed by atoms with Crippen LogP contribution in [0.4, 0.5) is 5.69 Å². The van der Waals surface area contributed by atoms with Crippen molar-refractivity contribution in [2.45, 2.75) is 12.8 Å². The van der Waals surface area contributed by atoms with Crippen LogP contribution in [0.15, 0.2) is 21.8 Å². The summed E-state index contributed by atoms with van der Waals surface area (Å²) in [5.74, 6) is -0.770. The van der Waals surface area contributed by atoms with Gasteiger partial charge in [-0.2, -0.15) is 0 Å². The van der Waals surface area contributed by atoms with Crippen LogP contribution in [0.5, 0.6) is 5.75 Å². The Bertz CT molecular complexity index is 615. The summed E-state index contributed by atoms with van der Waals surface area (Å²) in [5, 5.41) is 15.0. The molecule has 112 valence electrons. The highest BCUT2D eigenvalue weighted by molar-refractivity contribution is 9.10. The Morgan fingerprint density at radius 2 is 2.24 bits per heavy atom. The van der Waals surface area contributed by atoms with E-state index in [0.717, 1.165) is 0 Å². The molecule has 0 aromatic heterocycles. The zero-order chi connectivity index (χ0) is 15.4. The summed E-state index contributed by atoms with van der Waals surface area (Å²) in [4.78, 5) is 27.3. The number of methoxy groups -OCH3 is 1. The number of carboxylic acids is 1. The Labute approximate surface area is 129 Å². The van der Waals surface area contributed by atoms with Gasteiger partial charge in [-0.3, -0.25) is 9.59 Å². The van der Waals surface area contributed by atoms with Gasteiger partial charge in [0.05, 0.1) is 18.4 Å². The van der Waals surface area contributed by atoms with Crippen LogP contribution in [0, 0.1) is 0 Å². The molecule has 7 nitrogen and oxygen atoms in total. The van der Waals surface area contributed by atoms with Gasteiger partial charge in [-0.15, -0.1) is 0 Å². The Balaban J connectivity index is 2.16. The van der Waals surface area contributed by atoms with Crippen molar-refractivity contribution < 1.29 is 24.3 Å². The van der Waals surface area contributed by atoms with Crippen molar-refractivity contribution in [3.05, 3.63) is 22.2 Å². The lowest BCUT2D eigenvalue weighted by Crippen LogP contribution is -2.15. The Morgan fingerprint density at radius 3 is 2.90 bits per heavy atom. The predicted octanol–water partition coefficient (Wildman–Crippen LogP) is 2.00. The smallest absolute Gasteiger partial charge is 0.303 e. The van der Waals surface area contributed by atoms with Crippen LogP contribution in [0.25, 0.3) is 0 Å². The first-order valence-electron chi connectivity index (χ1n) is 6.14. The van der Waals surface area contributed by atoms with Crippen molar-refractivity contribution in [2.75, 3.05) is 19.0 Å². The molecule has 0 spiro atoms. The summed E-state index contributed by atoms with van der Waals surface area (Å²) in [7, 11) is 1.51. The molecule has 0 bridgehead atoms. The van der Waals surface area contributed by atoms with Crippen LogP contribution in [0.1, 0.15) is 18.4 Å². The van der Waals surface area contributed by atoms with Gasteiger partial charge in [0.2, 0.25) is 0 Å². The molecular weight excluding hydrogens is 344 g/mol. The number of hydrogen-bond donors (Lipinski definition) is 2. The highest BCUT2D eigenvalue weighted by atomic mass is 79.9. The third-order valence-corrected chi connectivity index (χ3v) is 3.47. The molecule has 0 fully saturated rings. The molecule has 1 aliphatic heterocycles. The Kier molecular flexibility index (Phi) is 4.79. The molecule has 2 N–H and O–H groups in total. The molecule has 0 radical (unpaired) electrons. The van der Waals surface area contributed by atoms with Crippen molar-refractivity contribution >= 4 is 39.2 Å². The van der Waals surface area contributed by atoms with Crippen molar-refractivity contribution in [2.24, 2.45) is 5.16 Å². The molecule has 1 aromatic rings. The number of benzene rings is 1. The van der Waals surface area contributed by atoms with Crippen LogP contribution in [0.3, 0.4) is 0 Å². The molecular formula is C13H13BrN2O5. The van der Waals surface area contributed by atoms with Crippen LogP contribution < -0.4 is 10.1 Å². The normalized spacial score (nSPS) is 14.8. The summed E-state index contributed by atoms with van der Waals surface area (Å²) in [5.41, 5.74) is 1.23. The number of nitrogens with zero attached hydrogens (tertiary/aromatic N) is 1. The molecule has 1 aliphatic rings. The largest absolute Gasteiger partial charge is 0.495 e. The van der Waals surface area contributed by atoms with E-state index in [4.69, 9.17) is 14.7 Å². The minimum Gasteiger partial charge on any atom is -0.495 e. The highest BCUT2D eigenvalue weighted by Crippen LogP contribution is 2.38. The quantitative estimate of drug-likeness (QED) is 0.600. The number of nitrogens with one attached hydrogen (secondary N) is 1. The number of carboxylic acid groups (broad SMARTS) is 1. The molecule has 0 aliphatic carbocycles. The predicted molar refractivity (Wildman–Crippen MR) is 78.7 cm³/mol. The molecule has 2 rings (SSSR count). The van der Waals surface area contributed by atoms with Gasteiger partial charge < -0.3 is 20.0 Å². The zero-order valence-corrected chi connectivity index (χ0v) is 12.8. The third-order valence-electron chi connectivity index (χ3n) is 2.81. The van der Waals surface area contributed by atoms with Crippen molar-refractivity contribution in [3.8, 4) is 5.75 Å². The number of oxime groups is 1. The molecule has 1 aromatic carbocycles. The van der Waals surface area contributed by atoms with Gasteiger partial charge in [0.25, 0.3) is 5.91 Å². The monoisotopic (exact) mass is 356 g/mol. The molecule has 1 amide bonds. The van der Waals surface area contributed by atoms with E-state index >= 15 is 0 Å². The fourth-order valence-electron chi connectivity index (χ4n) is 1.86. The molecule has 0 saturated carbocycles. The first kappa shape index (κ1) is 15.3. The second-order valence-corrected chi connectivity index (χ2v) is 5.08. The number of carbonyl (C=O) groups is 2. The Hall–Kier alpha value is -2.09. The summed E-state index contributed by atoms with van der Waals surface area (Å²) < 4.78 is 5.87. The summed E-state index contributed by atoms with van der Waals surface area (Å²) in [6.07, 6.45) is 0.311. The second-order valence-electron chi connectivity index (χ2n) is 4.22. The number of hydrogen-bond acceptors (Lipinski definition) is 5. The van der Waals surface area contributed by atoms with E-state index < -0.39 is 11.9 Å². The molecule has 21 heavy (non-hydrogen) atoms. The number of ether oxygens (including phenoxy) is 1. The second kappa shape index (κ2) is 6.57. The van der Waals surface area contributed by atoms with Crippen molar-refractivity contribution in [3.63, 3.8) is 0 Å². The average Bonchev–Trinajstić information content (AvgIpc) is 2.76. The maximum Gasteiger partial charge on any atom is 0.303 e. The summed E-state index contributed by atoms with van der Waals surface area (Å²) in [6, 6.07) is 3.47. The van der Waals surface area contributed by atoms with Crippen LogP contribution >= 0.6 is 15.9 Å². The van der Waals surface area contributed by atoms with Gasteiger partial charge in [-0.05, 0) is 18.6 Å². The molecule has 0 saturated heterocycles. The topological polar surface area (TPSA) is 97.2 Å². The highest BCUT2D eigenvalue weighted by Gasteiger charge is 2.31.